The van der Waals surface area contributed by atoms with Gasteiger partial charge in [-0.1, -0.05) is 36.4 Å². The fourth-order valence-corrected chi connectivity index (χ4v) is 3.80. The number of piperidine rings is 1. The fourth-order valence-electron chi connectivity index (χ4n) is 3.80. The van der Waals surface area contributed by atoms with E-state index in [1.165, 1.54) is 19.2 Å². The first-order valence-corrected chi connectivity index (χ1v) is 9.59. The van der Waals surface area contributed by atoms with Gasteiger partial charge in [-0.05, 0) is 36.6 Å². The van der Waals surface area contributed by atoms with E-state index >= 15 is 0 Å². The fraction of sp³-hybridized carbons (Fsp3) is 0.364. The van der Waals surface area contributed by atoms with Gasteiger partial charge in [0.15, 0.2) is 0 Å². The first kappa shape index (κ1) is 21.7. The van der Waals surface area contributed by atoms with E-state index in [0.717, 1.165) is 17.7 Å². The van der Waals surface area contributed by atoms with E-state index in [9.17, 15) is 22.8 Å². The maximum absolute atomic E-state index is 12.8. The molecule has 30 heavy (non-hydrogen) atoms. The predicted octanol–water partition coefficient (Wildman–Crippen LogP) is 3.85. The van der Waals surface area contributed by atoms with Crippen molar-refractivity contribution in [2.75, 3.05) is 32.1 Å². The van der Waals surface area contributed by atoms with Crippen molar-refractivity contribution >= 4 is 17.6 Å². The third kappa shape index (κ3) is 4.58. The number of benzene rings is 2. The summed E-state index contributed by atoms with van der Waals surface area (Å²) >= 11 is 0. The van der Waals surface area contributed by atoms with Crippen LogP contribution in [0.15, 0.2) is 54.6 Å². The van der Waals surface area contributed by atoms with Gasteiger partial charge in [0, 0.05) is 18.8 Å². The molecule has 1 aliphatic heterocycles. The van der Waals surface area contributed by atoms with E-state index < -0.39 is 17.2 Å². The number of nitrogens with one attached hydrogen (secondary N) is 1. The van der Waals surface area contributed by atoms with Crippen LogP contribution < -0.4 is 5.32 Å². The van der Waals surface area contributed by atoms with Crippen molar-refractivity contribution in [1.82, 2.24) is 4.90 Å². The number of hydrogen-bond acceptors (Lipinski definition) is 4. The first-order valence-electron chi connectivity index (χ1n) is 9.59. The van der Waals surface area contributed by atoms with Gasteiger partial charge in [-0.3, -0.25) is 9.59 Å². The molecule has 3 rings (SSSR count). The monoisotopic (exact) mass is 420 g/mol. The van der Waals surface area contributed by atoms with Crippen molar-refractivity contribution < 1.29 is 27.5 Å². The Kier molecular flexibility index (Phi) is 6.34. The molecule has 0 aliphatic carbocycles. The molecule has 0 atom stereocenters. The summed E-state index contributed by atoms with van der Waals surface area (Å²) in [5.74, 6) is -0.568. The Hall–Kier alpha value is -3.03. The number of halogens is 3. The number of hydrogen-bond donors (Lipinski definition) is 1. The van der Waals surface area contributed by atoms with Crippen LogP contribution in [0.3, 0.4) is 0 Å². The Morgan fingerprint density at radius 1 is 1.07 bits per heavy atom. The molecule has 0 aromatic heterocycles. The number of carbonyl (C=O) groups excluding carboxylic acids is 2. The molecule has 1 saturated heterocycles. The van der Waals surface area contributed by atoms with E-state index in [2.05, 4.69) is 5.32 Å². The summed E-state index contributed by atoms with van der Waals surface area (Å²) in [6.45, 7) is 0.581. The predicted molar refractivity (Wildman–Crippen MR) is 106 cm³/mol. The second-order valence-corrected chi connectivity index (χ2v) is 7.25. The minimum Gasteiger partial charge on any atom is -0.468 e. The van der Waals surface area contributed by atoms with Gasteiger partial charge in [-0.2, -0.15) is 13.2 Å². The summed E-state index contributed by atoms with van der Waals surface area (Å²) in [5.41, 5.74) is -0.501. The molecule has 0 unspecified atom stereocenters. The topological polar surface area (TPSA) is 58.6 Å². The highest BCUT2D eigenvalue weighted by Crippen LogP contribution is 2.37. The van der Waals surface area contributed by atoms with Crippen LogP contribution in [0.1, 0.15) is 24.0 Å². The number of methoxy groups -OCH3 is 1. The summed E-state index contributed by atoms with van der Waals surface area (Å²) in [5, 5.41) is 2.76. The van der Waals surface area contributed by atoms with Crippen LogP contribution in [0, 0.1) is 0 Å². The van der Waals surface area contributed by atoms with Crippen molar-refractivity contribution in [3.8, 4) is 0 Å². The minimum atomic E-state index is -4.44. The van der Waals surface area contributed by atoms with Gasteiger partial charge in [0.05, 0.1) is 24.6 Å². The molecule has 1 fully saturated rings. The third-order valence-corrected chi connectivity index (χ3v) is 5.51. The molecule has 0 saturated carbocycles. The van der Waals surface area contributed by atoms with Gasteiger partial charge in [-0.25, -0.2) is 0 Å². The Morgan fingerprint density at radius 3 is 2.33 bits per heavy atom. The number of carbonyl (C=O) groups is 2. The van der Waals surface area contributed by atoms with Crippen molar-refractivity contribution in [1.29, 1.82) is 0 Å². The summed E-state index contributed by atoms with van der Waals surface area (Å²) in [7, 11) is 1.35. The van der Waals surface area contributed by atoms with Crippen LogP contribution in [0.25, 0.3) is 0 Å². The Balaban J connectivity index is 1.63. The highest BCUT2D eigenvalue weighted by atomic mass is 19.4. The molecule has 0 bridgehead atoms. The quantitative estimate of drug-likeness (QED) is 0.747. The smallest absolute Gasteiger partial charge is 0.416 e. The second-order valence-electron chi connectivity index (χ2n) is 7.25. The Morgan fingerprint density at radius 2 is 1.73 bits per heavy atom. The number of nitrogens with zero attached hydrogens (tertiary/aromatic N) is 1. The Labute approximate surface area is 172 Å². The number of ether oxygens (including phenoxy) is 1. The molecule has 8 heteroatoms. The average molecular weight is 420 g/mol. The molecule has 2 aromatic rings. The lowest BCUT2D eigenvalue weighted by atomic mass is 9.72. The van der Waals surface area contributed by atoms with Crippen LogP contribution >= 0.6 is 0 Å². The highest BCUT2D eigenvalue weighted by Gasteiger charge is 2.44. The number of likely N-dealkylation sites (tertiary alicyclic amines) is 1. The SMILES string of the molecule is COC(=O)C1(c2ccccc2)CCN(C(=O)CNc2cccc(C(F)(F)F)c2)CC1. The largest absolute Gasteiger partial charge is 0.468 e. The van der Waals surface area contributed by atoms with E-state index in [0.29, 0.717) is 25.9 Å². The number of amides is 1. The standard InChI is InChI=1S/C22H23F3N2O3/c1-30-20(29)21(16-6-3-2-4-7-16)10-12-27(13-11-21)19(28)15-26-18-9-5-8-17(14-18)22(23,24)25/h2-9,14,26H,10-13,15H2,1H3. The molecule has 1 aliphatic rings. The van der Waals surface area contributed by atoms with Gasteiger partial charge >= 0.3 is 12.1 Å². The molecule has 5 nitrogen and oxygen atoms in total. The maximum atomic E-state index is 12.8. The zero-order valence-corrected chi connectivity index (χ0v) is 16.5. The van der Waals surface area contributed by atoms with Crippen LogP contribution in [-0.2, 0) is 25.9 Å². The van der Waals surface area contributed by atoms with Crippen LogP contribution in [-0.4, -0.2) is 43.5 Å². The van der Waals surface area contributed by atoms with E-state index in [4.69, 9.17) is 4.74 Å². The van der Waals surface area contributed by atoms with Gasteiger partial charge in [0.1, 0.15) is 0 Å². The van der Waals surface area contributed by atoms with Gasteiger partial charge in [0.25, 0.3) is 0 Å². The lowest BCUT2D eigenvalue weighted by molar-refractivity contribution is -0.151. The Bertz CT molecular complexity index is 892. The van der Waals surface area contributed by atoms with E-state index in [1.807, 2.05) is 30.3 Å². The van der Waals surface area contributed by atoms with Crippen molar-refractivity contribution in [2.24, 2.45) is 0 Å². The number of esters is 1. The van der Waals surface area contributed by atoms with Gasteiger partial charge < -0.3 is 15.0 Å². The van der Waals surface area contributed by atoms with Crippen molar-refractivity contribution in [3.05, 3.63) is 65.7 Å². The number of rotatable bonds is 5. The summed E-state index contributed by atoms with van der Waals surface area (Å²) in [6.07, 6.45) is -3.61. The van der Waals surface area contributed by atoms with E-state index in [-0.39, 0.29) is 24.1 Å². The first-order chi connectivity index (χ1) is 14.3. The minimum absolute atomic E-state index is 0.127. The van der Waals surface area contributed by atoms with E-state index in [1.54, 1.807) is 4.90 Å². The van der Waals surface area contributed by atoms with Gasteiger partial charge in [0.2, 0.25) is 5.91 Å². The molecule has 1 amide bonds. The van der Waals surface area contributed by atoms with Gasteiger partial charge in [-0.15, -0.1) is 0 Å². The summed E-state index contributed by atoms with van der Waals surface area (Å²) < 4.78 is 43.5. The molecule has 1 heterocycles. The third-order valence-electron chi connectivity index (χ3n) is 5.51. The zero-order valence-electron chi connectivity index (χ0n) is 16.5. The molecule has 2 aromatic carbocycles. The molecule has 160 valence electrons. The molecule has 0 radical (unpaired) electrons. The lowest BCUT2D eigenvalue weighted by Gasteiger charge is -2.40. The summed E-state index contributed by atoms with van der Waals surface area (Å²) in [6, 6.07) is 14.1. The molecule has 1 N–H and O–H groups in total. The molecule has 0 spiro atoms. The van der Waals surface area contributed by atoms with Crippen molar-refractivity contribution in [2.45, 2.75) is 24.4 Å². The number of alkyl halides is 3. The van der Waals surface area contributed by atoms with Crippen LogP contribution in [0.2, 0.25) is 0 Å². The second kappa shape index (κ2) is 8.77. The maximum Gasteiger partial charge on any atom is 0.416 e. The zero-order chi connectivity index (χ0) is 21.8. The summed E-state index contributed by atoms with van der Waals surface area (Å²) in [4.78, 5) is 26.7. The lowest BCUT2D eigenvalue weighted by Crippen LogP contribution is -2.50. The van der Waals surface area contributed by atoms with Crippen molar-refractivity contribution in [3.63, 3.8) is 0 Å². The van der Waals surface area contributed by atoms with Crippen LogP contribution in [0.5, 0.6) is 0 Å². The highest BCUT2D eigenvalue weighted by molar-refractivity contribution is 5.85. The number of anilines is 1. The molecular formula is C22H23F3N2O3. The molecular weight excluding hydrogens is 397 g/mol. The van der Waals surface area contributed by atoms with Crippen LogP contribution in [0.4, 0.5) is 18.9 Å². The average Bonchev–Trinajstić information content (AvgIpc) is 2.77. The normalized spacial score (nSPS) is 16.1.